The van der Waals surface area contributed by atoms with Gasteiger partial charge in [-0.2, -0.15) is 0 Å². The second-order valence-corrected chi connectivity index (χ2v) is 9.46. The Bertz CT molecular complexity index is 1030. The summed E-state index contributed by atoms with van der Waals surface area (Å²) < 4.78 is 0. The van der Waals surface area contributed by atoms with Crippen molar-refractivity contribution in [1.29, 1.82) is 0 Å². The summed E-state index contributed by atoms with van der Waals surface area (Å²) in [5.41, 5.74) is 1.56. The molecule has 31 heavy (non-hydrogen) atoms. The molecule has 0 spiro atoms. The summed E-state index contributed by atoms with van der Waals surface area (Å²) in [4.78, 5) is 44.9. The fourth-order valence-electron chi connectivity index (χ4n) is 3.80. The Balaban J connectivity index is 1.36. The molecule has 0 aliphatic carbocycles. The molecule has 2 aliphatic heterocycles. The van der Waals surface area contributed by atoms with Crippen LogP contribution in [0.25, 0.3) is 0 Å². The number of nitrogens with zero attached hydrogens (tertiary/aromatic N) is 2. The van der Waals surface area contributed by atoms with Gasteiger partial charge in [-0.25, -0.2) is 4.98 Å². The second kappa shape index (κ2) is 9.28. The van der Waals surface area contributed by atoms with E-state index in [-0.39, 0.29) is 30.1 Å². The first-order valence-corrected chi connectivity index (χ1v) is 11.4. The van der Waals surface area contributed by atoms with E-state index < -0.39 is 5.25 Å². The smallest absolute Gasteiger partial charge is 0.238 e. The highest BCUT2D eigenvalue weighted by molar-refractivity contribution is 8.01. The van der Waals surface area contributed by atoms with Crippen molar-refractivity contribution < 1.29 is 14.4 Å². The van der Waals surface area contributed by atoms with E-state index in [1.807, 2.05) is 25.1 Å². The van der Waals surface area contributed by atoms with E-state index in [4.69, 9.17) is 11.6 Å². The van der Waals surface area contributed by atoms with Gasteiger partial charge in [-0.3, -0.25) is 14.4 Å². The zero-order valence-corrected chi connectivity index (χ0v) is 18.6. The predicted octanol–water partition coefficient (Wildman–Crippen LogP) is 3.72. The van der Waals surface area contributed by atoms with Crippen molar-refractivity contribution in [2.45, 2.75) is 36.3 Å². The Hall–Kier alpha value is -2.58. The van der Waals surface area contributed by atoms with E-state index >= 15 is 0 Å². The number of hydrogen-bond acceptors (Lipinski definition) is 5. The van der Waals surface area contributed by atoms with Gasteiger partial charge < -0.3 is 15.5 Å². The molecule has 162 valence electrons. The summed E-state index contributed by atoms with van der Waals surface area (Å²) in [6.45, 7) is 2.83. The number of benzene rings is 1. The topological polar surface area (TPSA) is 91.4 Å². The Morgan fingerprint density at radius 3 is 3.00 bits per heavy atom. The Labute approximate surface area is 189 Å². The van der Waals surface area contributed by atoms with Crippen LogP contribution < -0.4 is 10.6 Å². The average molecular weight is 459 g/mol. The molecule has 4 rings (SSSR count). The fourth-order valence-corrected chi connectivity index (χ4v) is 5.05. The van der Waals surface area contributed by atoms with Crippen LogP contribution in [0.4, 0.5) is 11.5 Å². The molecule has 0 saturated carbocycles. The van der Waals surface area contributed by atoms with Gasteiger partial charge in [-0.15, -0.1) is 11.8 Å². The van der Waals surface area contributed by atoms with Gasteiger partial charge in [0.05, 0.1) is 16.9 Å². The highest BCUT2D eigenvalue weighted by Crippen LogP contribution is 2.38. The van der Waals surface area contributed by atoms with Crippen molar-refractivity contribution >= 4 is 52.6 Å². The molecule has 2 aliphatic rings. The predicted molar refractivity (Wildman–Crippen MR) is 121 cm³/mol. The first kappa shape index (κ1) is 21.6. The van der Waals surface area contributed by atoms with Crippen LogP contribution in [0.1, 0.15) is 24.8 Å². The number of nitrogens with one attached hydrogen (secondary N) is 2. The molecule has 3 amide bonds. The number of thioether (sulfide) groups is 1. The molecule has 2 unspecified atom stereocenters. The molecular weight excluding hydrogens is 436 g/mol. The van der Waals surface area contributed by atoms with Crippen molar-refractivity contribution in [2.24, 2.45) is 5.92 Å². The van der Waals surface area contributed by atoms with E-state index in [9.17, 15) is 14.4 Å². The maximum Gasteiger partial charge on any atom is 0.238 e. The maximum atomic E-state index is 12.9. The number of carbonyl (C=O) groups excluding carboxylic acids is 3. The number of pyridine rings is 1. The monoisotopic (exact) mass is 458 g/mol. The van der Waals surface area contributed by atoms with Gasteiger partial charge >= 0.3 is 0 Å². The van der Waals surface area contributed by atoms with Crippen LogP contribution in [-0.4, -0.2) is 45.9 Å². The molecule has 1 saturated heterocycles. The molecule has 0 radical (unpaired) electrons. The van der Waals surface area contributed by atoms with Crippen molar-refractivity contribution in [3.63, 3.8) is 0 Å². The first-order valence-electron chi connectivity index (χ1n) is 10.2. The van der Waals surface area contributed by atoms with Gasteiger partial charge in [0.25, 0.3) is 0 Å². The van der Waals surface area contributed by atoms with Crippen molar-refractivity contribution in [3.05, 3.63) is 47.1 Å². The highest BCUT2D eigenvalue weighted by Gasteiger charge is 2.33. The summed E-state index contributed by atoms with van der Waals surface area (Å²) in [5.74, 6) is -0.198. The minimum atomic E-state index is -0.508. The van der Waals surface area contributed by atoms with Crippen LogP contribution in [0.2, 0.25) is 5.02 Å². The van der Waals surface area contributed by atoms with Crippen LogP contribution in [0.5, 0.6) is 0 Å². The first-order chi connectivity index (χ1) is 14.9. The zero-order valence-electron chi connectivity index (χ0n) is 17.1. The maximum absolute atomic E-state index is 12.9. The summed E-state index contributed by atoms with van der Waals surface area (Å²) in [7, 11) is 0. The normalized spacial score (nSPS) is 20.6. The third kappa shape index (κ3) is 5.02. The molecule has 1 aromatic carbocycles. The molecular formula is C22H23ClN4O3S. The number of amides is 3. The number of hydrogen-bond donors (Lipinski definition) is 2. The molecule has 9 heteroatoms. The van der Waals surface area contributed by atoms with Gasteiger partial charge in [0.1, 0.15) is 5.82 Å². The molecule has 1 fully saturated rings. The van der Waals surface area contributed by atoms with Gasteiger partial charge in [-0.05, 0) is 49.6 Å². The van der Waals surface area contributed by atoms with Gasteiger partial charge in [-0.1, -0.05) is 17.7 Å². The summed E-state index contributed by atoms with van der Waals surface area (Å²) in [5, 5.41) is 5.75. The number of likely N-dealkylation sites (tertiary alicyclic amines) is 1. The van der Waals surface area contributed by atoms with Gasteiger partial charge in [0.15, 0.2) is 0 Å². The third-order valence-electron chi connectivity index (χ3n) is 5.52. The quantitative estimate of drug-likeness (QED) is 0.728. The van der Waals surface area contributed by atoms with Crippen LogP contribution in [-0.2, 0) is 14.4 Å². The number of carbonyl (C=O) groups is 3. The molecule has 1 aromatic heterocycles. The minimum Gasteiger partial charge on any atom is -0.342 e. The molecule has 2 atom stereocenters. The largest absolute Gasteiger partial charge is 0.342 e. The van der Waals surface area contributed by atoms with Crippen molar-refractivity contribution in [3.8, 4) is 0 Å². The Morgan fingerprint density at radius 2 is 2.19 bits per heavy atom. The number of anilines is 2. The number of aromatic nitrogens is 1. The van der Waals surface area contributed by atoms with Crippen LogP contribution in [0.15, 0.2) is 41.4 Å². The second-order valence-electron chi connectivity index (χ2n) is 7.78. The number of aryl methyl sites for hydroxylation is 1. The van der Waals surface area contributed by atoms with Crippen LogP contribution >= 0.6 is 23.4 Å². The van der Waals surface area contributed by atoms with Crippen LogP contribution in [0.3, 0.4) is 0 Å². The van der Waals surface area contributed by atoms with E-state index in [0.717, 1.165) is 16.9 Å². The summed E-state index contributed by atoms with van der Waals surface area (Å²) >= 11 is 7.36. The Kier molecular flexibility index (Phi) is 6.48. The molecule has 3 heterocycles. The van der Waals surface area contributed by atoms with Crippen LogP contribution in [0, 0.1) is 12.8 Å². The summed E-state index contributed by atoms with van der Waals surface area (Å²) in [6.07, 6.45) is 3.19. The average Bonchev–Trinajstić information content (AvgIpc) is 2.76. The van der Waals surface area contributed by atoms with Crippen molar-refractivity contribution in [2.75, 3.05) is 23.7 Å². The lowest BCUT2D eigenvalue weighted by Gasteiger charge is -2.33. The third-order valence-corrected chi connectivity index (χ3v) is 7.03. The van der Waals surface area contributed by atoms with Gasteiger partial charge in [0.2, 0.25) is 17.7 Å². The SMILES string of the molecule is Cc1cccnc1NC(=O)C1CCCN(C(=O)CC2Sc3ccc(Cl)cc3NC2=O)C1. The molecule has 2 N–H and O–H groups in total. The Morgan fingerprint density at radius 1 is 1.35 bits per heavy atom. The lowest BCUT2D eigenvalue weighted by atomic mass is 9.96. The lowest BCUT2D eigenvalue weighted by Crippen LogP contribution is -2.45. The highest BCUT2D eigenvalue weighted by atomic mass is 35.5. The zero-order chi connectivity index (χ0) is 22.0. The van der Waals surface area contributed by atoms with Crippen molar-refractivity contribution in [1.82, 2.24) is 9.88 Å². The fraction of sp³-hybridized carbons (Fsp3) is 0.364. The van der Waals surface area contributed by atoms with E-state index in [2.05, 4.69) is 15.6 Å². The lowest BCUT2D eigenvalue weighted by molar-refractivity contribution is -0.135. The number of rotatable bonds is 4. The number of piperidine rings is 1. The van der Waals surface area contributed by atoms with E-state index in [0.29, 0.717) is 36.0 Å². The van der Waals surface area contributed by atoms with Gasteiger partial charge in [0, 0.05) is 35.6 Å². The molecule has 2 aromatic rings. The molecule has 0 bridgehead atoms. The summed E-state index contributed by atoms with van der Waals surface area (Å²) in [6, 6.07) is 9.02. The van der Waals surface area contributed by atoms with E-state index in [1.165, 1.54) is 11.8 Å². The van der Waals surface area contributed by atoms with E-state index in [1.54, 1.807) is 23.2 Å². The number of halogens is 1. The minimum absolute atomic E-state index is 0.0895. The number of fused-ring (bicyclic) bond motifs is 1. The molecule has 7 nitrogen and oxygen atoms in total. The standard InChI is InChI=1S/C22H23ClN4O3S/c1-13-4-2-8-24-20(13)26-21(29)14-5-3-9-27(12-14)19(28)11-18-22(30)25-16-10-15(23)6-7-17(16)31-18/h2,4,6-8,10,14,18H,3,5,9,11-12H2,1H3,(H,25,30)(H,24,26,29).